The molecule has 1 aromatic rings. The number of hydrogen-bond acceptors (Lipinski definition) is 9. The van der Waals surface area contributed by atoms with E-state index in [4.69, 9.17) is 14.7 Å². The number of rotatable bonds is 8. The summed E-state index contributed by atoms with van der Waals surface area (Å²) >= 11 is 0. The van der Waals surface area contributed by atoms with Crippen molar-refractivity contribution in [3.8, 4) is 5.75 Å². The molecular weight excluding hydrogens is 396 g/mol. The van der Waals surface area contributed by atoms with Crippen LogP contribution in [-0.4, -0.2) is 89.9 Å². The Kier molecular flexibility index (Phi) is 7.71. The largest absolute Gasteiger partial charge is 0.491 e. The summed E-state index contributed by atoms with van der Waals surface area (Å²) in [5, 5.41) is 38.5. The first-order valence-electron chi connectivity index (χ1n) is 8.54. The van der Waals surface area contributed by atoms with Crippen LogP contribution in [0.3, 0.4) is 0 Å². The summed E-state index contributed by atoms with van der Waals surface area (Å²) in [6, 6.07) is 3.47. The lowest BCUT2D eigenvalue weighted by atomic mass is 9.96. The van der Waals surface area contributed by atoms with E-state index >= 15 is 0 Å². The maximum atomic E-state index is 12.9. The van der Waals surface area contributed by atoms with Gasteiger partial charge < -0.3 is 24.8 Å². The Hall–Kier alpha value is -1.80. The zero-order valence-corrected chi connectivity index (χ0v) is 15.9. The molecule has 0 aromatic heterocycles. The third-order valence-corrected chi connectivity index (χ3v) is 6.12. The van der Waals surface area contributed by atoms with Crippen molar-refractivity contribution in [2.75, 3.05) is 26.4 Å². The highest BCUT2D eigenvalue weighted by molar-refractivity contribution is 7.89. The number of ether oxygens (including phenoxy) is 2. The average molecular weight is 420 g/mol. The maximum Gasteiger partial charge on any atom is 0.264 e. The molecule has 1 aliphatic rings. The highest BCUT2D eigenvalue weighted by Gasteiger charge is 2.50. The van der Waals surface area contributed by atoms with Crippen LogP contribution in [0.4, 0.5) is 0 Å². The molecule has 4 atom stereocenters. The van der Waals surface area contributed by atoms with Crippen LogP contribution < -0.4 is 10.2 Å². The first-order valence-corrected chi connectivity index (χ1v) is 9.98. The molecule has 0 saturated carbocycles. The summed E-state index contributed by atoms with van der Waals surface area (Å²) in [5.74, 6) is -0.838. The molecule has 1 fully saturated rings. The number of hydrogen-bond donors (Lipinski definition) is 5. The summed E-state index contributed by atoms with van der Waals surface area (Å²) in [4.78, 5) is 11.7. The third kappa shape index (κ3) is 4.78. The second-order valence-electron chi connectivity index (χ2n) is 6.06. The lowest BCUT2D eigenvalue weighted by Crippen LogP contribution is -2.66. The fraction of sp³-hybridized carbons (Fsp3) is 0.562. The molecule has 0 unspecified atom stereocenters. The summed E-state index contributed by atoms with van der Waals surface area (Å²) in [6.45, 7) is 2.40. The van der Waals surface area contributed by atoms with Crippen molar-refractivity contribution in [2.24, 2.45) is 0 Å². The Bertz CT molecular complexity index is 756. The summed E-state index contributed by atoms with van der Waals surface area (Å²) in [7, 11) is -4.35. The molecule has 1 aromatic carbocycles. The summed E-state index contributed by atoms with van der Waals surface area (Å²) in [6.07, 6.45) is -5.31. The van der Waals surface area contributed by atoms with E-state index in [-0.39, 0.29) is 11.5 Å². The van der Waals surface area contributed by atoms with E-state index in [1.807, 2.05) is 6.92 Å². The third-order valence-electron chi connectivity index (χ3n) is 4.25. The molecule has 11 nitrogen and oxygen atoms in total. The van der Waals surface area contributed by atoms with E-state index in [1.165, 1.54) is 29.7 Å². The van der Waals surface area contributed by atoms with Gasteiger partial charge in [-0.3, -0.25) is 10.0 Å². The van der Waals surface area contributed by atoms with Gasteiger partial charge in [-0.1, -0.05) is 0 Å². The minimum atomic E-state index is -4.35. The monoisotopic (exact) mass is 420 g/mol. The van der Waals surface area contributed by atoms with Crippen molar-refractivity contribution >= 4 is 15.9 Å². The number of carbonyl (C=O) groups is 1. The van der Waals surface area contributed by atoms with Gasteiger partial charge in [-0.2, -0.15) is 4.31 Å². The van der Waals surface area contributed by atoms with Crippen LogP contribution in [0.25, 0.3) is 0 Å². The summed E-state index contributed by atoms with van der Waals surface area (Å²) < 4.78 is 36.9. The number of aliphatic hydroxyl groups excluding tert-OH is 3. The number of amides is 1. The minimum Gasteiger partial charge on any atom is -0.491 e. The molecule has 1 saturated heterocycles. The molecule has 0 radical (unpaired) electrons. The van der Waals surface area contributed by atoms with Gasteiger partial charge >= 0.3 is 0 Å². The van der Waals surface area contributed by atoms with Crippen molar-refractivity contribution in [1.29, 1.82) is 0 Å². The second kappa shape index (κ2) is 9.60. The molecule has 2 rings (SSSR count). The van der Waals surface area contributed by atoms with Gasteiger partial charge in [0.25, 0.3) is 5.91 Å². The van der Waals surface area contributed by atoms with Crippen molar-refractivity contribution in [2.45, 2.75) is 36.2 Å². The number of sulfonamides is 1. The Morgan fingerprint density at radius 1 is 1.18 bits per heavy atom. The molecule has 1 heterocycles. The zero-order valence-electron chi connectivity index (χ0n) is 15.1. The van der Waals surface area contributed by atoms with E-state index in [0.29, 0.717) is 23.3 Å². The zero-order chi connectivity index (χ0) is 20.9. The van der Waals surface area contributed by atoms with Crippen molar-refractivity contribution < 1.29 is 43.2 Å². The number of benzene rings is 1. The van der Waals surface area contributed by atoms with E-state index in [0.717, 1.165) is 0 Å². The number of piperidine rings is 1. The number of hydroxylamine groups is 1. The van der Waals surface area contributed by atoms with E-state index in [2.05, 4.69) is 0 Å². The molecule has 1 aliphatic heterocycles. The van der Waals surface area contributed by atoms with Crippen LogP contribution >= 0.6 is 0 Å². The molecule has 0 spiro atoms. The first kappa shape index (κ1) is 22.5. The normalized spacial score (nSPS) is 26.0. The van der Waals surface area contributed by atoms with Gasteiger partial charge in [-0.25, -0.2) is 13.9 Å². The minimum absolute atomic E-state index is 0.226. The molecule has 0 bridgehead atoms. The maximum absolute atomic E-state index is 12.9. The lowest BCUT2D eigenvalue weighted by molar-refractivity contribution is -0.154. The van der Waals surface area contributed by atoms with Crippen molar-refractivity contribution in [1.82, 2.24) is 9.79 Å². The first-order chi connectivity index (χ1) is 13.2. The molecule has 1 amide bonds. The van der Waals surface area contributed by atoms with Gasteiger partial charge in [0.05, 0.1) is 17.6 Å². The van der Waals surface area contributed by atoms with Gasteiger partial charge in [-0.05, 0) is 31.2 Å². The quantitative estimate of drug-likeness (QED) is 0.183. The van der Waals surface area contributed by atoms with Gasteiger partial charge in [0.2, 0.25) is 10.0 Å². The second-order valence-corrected chi connectivity index (χ2v) is 7.95. The van der Waals surface area contributed by atoms with Gasteiger partial charge in [0.15, 0.2) is 0 Å². The Morgan fingerprint density at radius 3 is 2.39 bits per heavy atom. The van der Waals surface area contributed by atoms with Crippen molar-refractivity contribution in [3.05, 3.63) is 24.3 Å². The van der Waals surface area contributed by atoms with E-state index in [9.17, 15) is 28.5 Å². The number of nitrogens with zero attached hydrogens (tertiary/aromatic N) is 1. The number of nitrogens with one attached hydrogen (secondary N) is 1. The fourth-order valence-corrected chi connectivity index (χ4v) is 4.42. The van der Waals surface area contributed by atoms with Crippen LogP contribution in [0.2, 0.25) is 0 Å². The molecule has 0 aliphatic carbocycles. The van der Waals surface area contributed by atoms with Crippen LogP contribution in [0.1, 0.15) is 6.92 Å². The Balaban J connectivity index is 2.24. The molecule has 158 valence electrons. The molecule has 28 heavy (non-hydrogen) atoms. The summed E-state index contributed by atoms with van der Waals surface area (Å²) in [5.41, 5.74) is 1.27. The Morgan fingerprint density at radius 2 is 1.82 bits per heavy atom. The lowest BCUT2D eigenvalue weighted by Gasteiger charge is -2.41. The highest BCUT2D eigenvalue weighted by atomic mass is 32.2. The smallest absolute Gasteiger partial charge is 0.264 e. The van der Waals surface area contributed by atoms with E-state index < -0.39 is 46.8 Å². The van der Waals surface area contributed by atoms with E-state index in [1.54, 1.807) is 0 Å². The topological polar surface area (TPSA) is 166 Å². The standard InChI is InChI=1S/C16H24N2O9S/c1-2-26-7-8-27-10-3-5-11(6-4-10)28(24,25)18-9-12(19)14(20)15(21)13(18)16(22)17-23/h3-6,12-15,19-21,23H,2,7-9H2,1H3,(H,17,22)/t12-,13+,14+,15+/m0/s1. The molecule has 5 N–H and O–H groups in total. The van der Waals surface area contributed by atoms with Crippen LogP contribution in [0.5, 0.6) is 5.75 Å². The van der Waals surface area contributed by atoms with Crippen LogP contribution in [0, 0.1) is 0 Å². The number of β-amino-alcohol motifs (C(OH)–C–C–N with tert-alkyl or cyclic N) is 1. The van der Waals surface area contributed by atoms with Gasteiger partial charge in [-0.15, -0.1) is 0 Å². The van der Waals surface area contributed by atoms with Crippen molar-refractivity contribution in [3.63, 3.8) is 0 Å². The average Bonchev–Trinajstić information content (AvgIpc) is 2.69. The molecule has 12 heteroatoms. The van der Waals surface area contributed by atoms with Crippen LogP contribution in [-0.2, 0) is 19.6 Å². The highest BCUT2D eigenvalue weighted by Crippen LogP contribution is 2.27. The fourth-order valence-electron chi connectivity index (χ4n) is 2.80. The van der Waals surface area contributed by atoms with Gasteiger partial charge in [0, 0.05) is 13.2 Å². The predicted molar refractivity (Wildman–Crippen MR) is 94.1 cm³/mol. The number of aliphatic hydroxyl groups is 3. The predicted octanol–water partition coefficient (Wildman–Crippen LogP) is -1.94. The Labute approximate surface area is 162 Å². The number of carbonyl (C=O) groups excluding carboxylic acids is 1. The van der Waals surface area contributed by atoms with Gasteiger partial charge in [0.1, 0.15) is 30.6 Å². The van der Waals surface area contributed by atoms with Crippen LogP contribution in [0.15, 0.2) is 29.2 Å². The SMILES string of the molecule is CCOCCOc1ccc(S(=O)(=O)N2C[C@H](O)[C@@H](O)[C@H](O)[C@@H]2C(=O)NO)cc1. The molecular formula is C16H24N2O9S.